The normalized spacial score (nSPS) is 15.2. The van der Waals surface area contributed by atoms with Crippen molar-refractivity contribution in [3.63, 3.8) is 0 Å². The fourth-order valence-corrected chi connectivity index (χ4v) is 2.61. The molecule has 0 amide bonds. The molecule has 0 aliphatic heterocycles. The molecule has 0 radical (unpaired) electrons. The van der Waals surface area contributed by atoms with E-state index in [0.717, 1.165) is 17.6 Å². The monoisotopic (exact) mass is 184 g/mol. The summed E-state index contributed by atoms with van der Waals surface area (Å²) in [7, 11) is -0.468. The summed E-state index contributed by atoms with van der Waals surface area (Å²) >= 11 is 0. The van der Waals surface area contributed by atoms with Crippen molar-refractivity contribution < 1.29 is 0 Å². The Morgan fingerprint density at radius 3 is 2.46 bits per heavy atom. The van der Waals surface area contributed by atoms with E-state index in [-0.39, 0.29) is 0 Å². The minimum Gasteiger partial charge on any atom is -0.115 e. The zero-order valence-electron chi connectivity index (χ0n) is 8.02. The van der Waals surface area contributed by atoms with Gasteiger partial charge in [0.15, 0.2) is 0 Å². The Morgan fingerprint density at radius 2 is 2.00 bits per heavy atom. The Bertz CT molecular complexity index is 388. The molecule has 0 heterocycles. The van der Waals surface area contributed by atoms with E-state index in [1.54, 1.807) is 0 Å². The van der Waals surface area contributed by atoms with Crippen LogP contribution in [0, 0.1) is 24.7 Å². The van der Waals surface area contributed by atoms with Crippen molar-refractivity contribution >= 4 is 13.6 Å². The first-order chi connectivity index (χ1) is 6.20. The van der Waals surface area contributed by atoms with E-state index in [1.165, 1.54) is 5.17 Å². The van der Waals surface area contributed by atoms with Gasteiger partial charge in [0.05, 0.1) is 0 Å². The standard InChI is InChI=1S/C12H12Si/c1-5-10-8-7-9-12(13(3)4)11(10)6-2/h1-2,7-8H,9H2,3-4H3. The molecule has 0 spiro atoms. The predicted molar refractivity (Wildman–Crippen MR) is 60.9 cm³/mol. The first-order valence-corrected chi connectivity index (χ1v) is 6.71. The first-order valence-electron chi connectivity index (χ1n) is 4.21. The Balaban J connectivity index is 3.34. The van der Waals surface area contributed by atoms with Crippen LogP contribution < -0.4 is 0 Å². The van der Waals surface area contributed by atoms with Gasteiger partial charge in [-0.25, -0.2) is 0 Å². The fraction of sp³-hybridized carbons (Fsp3) is 0.250. The van der Waals surface area contributed by atoms with E-state index in [9.17, 15) is 0 Å². The Hall–Kier alpha value is -1.31. The van der Waals surface area contributed by atoms with Gasteiger partial charge in [-0.2, -0.15) is 0 Å². The Kier molecular flexibility index (Phi) is 3.06. The molecule has 0 aromatic carbocycles. The van der Waals surface area contributed by atoms with Crippen LogP contribution in [0.5, 0.6) is 0 Å². The quantitative estimate of drug-likeness (QED) is 0.399. The van der Waals surface area contributed by atoms with Gasteiger partial charge in [0.25, 0.3) is 0 Å². The third kappa shape index (κ3) is 1.88. The van der Waals surface area contributed by atoms with E-state index in [1.807, 2.05) is 6.08 Å². The topological polar surface area (TPSA) is 0 Å². The zero-order valence-corrected chi connectivity index (χ0v) is 9.02. The van der Waals surface area contributed by atoms with Crippen molar-refractivity contribution in [2.45, 2.75) is 19.5 Å². The zero-order chi connectivity index (χ0) is 9.84. The third-order valence-corrected chi connectivity index (χ3v) is 3.74. The molecule has 0 saturated carbocycles. The summed E-state index contributed by atoms with van der Waals surface area (Å²) in [5.41, 5.74) is 1.83. The molecule has 0 unspecified atom stereocenters. The summed E-state index contributed by atoms with van der Waals surface area (Å²) in [4.78, 5) is 0. The average Bonchev–Trinajstić information content (AvgIpc) is 2.16. The number of allylic oxidation sites excluding steroid dienone is 4. The molecule has 1 aliphatic carbocycles. The van der Waals surface area contributed by atoms with Gasteiger partial charge in [0, 0.05) is 19.6 Å². The minimum absolute atomic E-state index is 0.468. The lowest BCUT2D eigenvalue weighted by atomic mass is 9.98. The number of hydrogen-bond donors (Lipinski definition) is 0. The largest absolute Gasteiger partial charge is 0.115 e. The lowest BCUT2D eigenvalue weighted by molar-refractivity contribution is 1.44. The summed E-state index contributed by atoms with van der Waals surface area (Å²) in [6.45, 7) is 4.48. The fourth-order valence-electron chi connectivity index (χ4n) is 1.38. The summed E-state index contributed by atoms with van der Waals surface area (Å²) in [6.07, 6.45) is 15.9. The van der Waals surface area contributed by atoms with Crippen molar-refractivity contribution in [3.8, 4) is 24.7 Å². The van der Waals surface area contributed by atoms with Crippen LogP contribution in [0.25, 0.3) is 0 Å². The van der Waals surface area contributed by atoms with E-state index >= 15 is 0 Å². The molecule has 0 fully saturated rings. The maximum absolute atomic E-state index is 5.46. The van der Waals surface area contributed by atoms with E-state index < -0.39 is 8.41 Å². The van der Waals surface area contributed by atoms with Crippen molar-refractivity contribution in [1.82, 2.24) is 0 Å². The first kappa shape index (κ1) is 9.77. The second-order valence-electron chi connectivity index (χ2n) is 3.16. The molecule has 0 atom stereocenters. The summed E-state index contributed by atoms with van der Waals surface area (Å²) in [5.74, 6) is 5.35. The van der Waals surface area contributed by atoms with Crippen LogP contribution in [0.2, 0.25) is 13.1 Å². The predicted octanol–water partition coefficient (Wildman–Crippen LogP) is 2.02. The van der Waals surface area contributed by atoms with Gasteiger partial charge in [-0.05, 0) is 17.7 Å². The SMILES string of the molecule is C#CC1=C(C#C)C(=[Si](C)C)CC=C1. The maximum atomic E-state index is 5.46. The van der Waals surface area contributed by atoms with Gasteiger partial charge in [-0.3, -0.25) is 0 Å². The Labute approximate surface area is 81.6 Å². The van der Waals surface area contributed by atoms with Gasteiger partial charge in [0.2, 0.25) is 0 Å². The van der Waals surface area contributed by atoms with Crippen LogP contribution in [-0.4, -0.2) is 13.6 Å². The maximum Gasteiger partial charge on any atom is 0.0394 e. The van der Waals surface area contributed by atoms with E-state index in [4.69, 9.17) is 12.8 Å². The molecule has 1 aliphatic rings. The van der Waals surface area contributed by atoms with Gasteiger partial charge in [-0.1, -0.05) is 31.0 Å². The molecule has 0 nitrogen and oxygen atoms in total. The second-order valence-corrected chi connectivity index (χ2v) is 5.77. The average molecular weight is 184 g/mol. The van der Waals surface area contributed by atoms with Gasteiger partial charge in [0.1, 0.15) is 0 Å². The molecular formula is C12H12Si. The molecule has 64 valence electrons. The van der Waals surface area contributed by atoms with Crippen LogP contribution in [0.1, 0.15) is 6.42 Å². The van der Waals surface area contributed by atoms with Crippen molar-refractivity contribution in [1.29, 1.82) is 0 Å². The number of terminal acetylenes is 2. The molecule has 1 heteroatoms. The minimum atomic E-state index is -0.468. The number of hydrogen-bond acceptors (Lipinski definition) is 0. The van der Waals surface area contributed by atoms with Gasteiger partial charge >= 0.3 is 0 Å². The van der Waals surface area contributed by atoms with Crippen LogP contribution in [0.4, 0.5) is 0 Å². The Morgan fingerprint density at radius 1 is 1.31 bits per heavy atom. The number of rotatable bonds is 0. The smallest absolute Gasteiger partial charge is 0.0394 e. The summed E-state index contributed by atoms with van der Waals surface area (Å²) in [6, 6.07) is 0. The lowest BCUT2D eigenvalue weighted by Crippen LogP contribution is -2.15. The summed E-state index contributed by atoms with van der Waals surface area (Å²) in [5, 5.41) is 1.38. The van der Waals surface area contributed by atoms with Crippen LogP contribution >= 0.6 is 0 Å². The molecule has 0 bridgehead atoms. The van der Waals surface area contributed by atoms with Crippen LogP contribution in [0.15, 0.2) is 23.3 Å². The molecule has 0 N–H and O–H groups in total. The molecule has 13 heavy (non-hydrogen) atoms. The second kappa shape index (κ2) is 4.08. The highest BCUT2D eigenvalue weighted by Crippen LogP contribution is 2.15. The molecule has 0 aromatic heterocycles. The van der Waals surface area contributed by atoms with Gasteiger partial charge < -0.3 is 0 Å². The lowest BCUT2D eigenvalue weighted by Gasteiger charge is -2.13. The summed E-state index contributed by atoms with van der Waals surface area (Å²) < 4.78 is 0. The highest BCUT2D eigenvalue weighted by atomic mass is 28.2. The third-order valence-electron chi connectivity index (χ3n) is 2.08. The van der Waals surface area contributed by atoms with Crippen LogP contribution in [0.3, 0.4) is 0 Å². The van der Waals surface area contributed by atoms with Gasteiger partial charge in [-0.15, -0.1) is 12.8 Å². The highest BCUT2D eigenvalue weighted by Gasteiger charge is 2.10. The molecule has 0 saturated heterocycles. The van der Waals surface area contributed by atoms with Crippen molar-refractivity contribution in [2.24, 2.45) is 0 Å². The van der Waals surface area contributed by atoms with E-state index in [0.29, 0.717) is 0 Å². The van der Waals surface area contributed by atoms with Crippen LogP contribution in [-0.2, 0) is 0 Å². The highest BCUT2D eigenvalue weighted by molar-refractivity contribution is 6.72. The molecular weight excluding hydrogens is 172 g/mol. The van der Waals surface area contributed by atoms with E-state index in [2.05, 4.69) is 31.0 Å². The van der Waals surface area contributed by atoms with Crippen molar-refractivity contribution in [3.05, 3.63) is 23.3 Å². The van der Waals surface area contributed by atoms with Crippen molar-refractivity contribution in [2.75, 3.05) is 0 Å². The molecule has 1 rings (SSSR count). The molecule has 0 aromatic rings.